The molecule has 0 aliphatic heterocycles. The fourth-order valence-corrected chi connectivity index (χ4v) is 4.11. The summed E-state index contributed by atoms with van der Waals surface area (Å²) in [5.74, 6) is 0.335. The number of ether oxygens (including phenoxy) is 1. The summed E-state index contributed by atoms with van der Waals surface area (Å²) in [6.45, 7) is 0.353. The quantitative estimate of drug-likeness (QED) is 0.229. The van der Waals surface area contributed by atoms with E-state index < -0.39 is 5.56 Å². The van der Waals surface area contributed by atoms with Crippen molar-refractivity contribution in [1.82, 2.24) is 20.1 Å². The highest BCUT2D eigenvalue weighted by molar-refractivity contribution is 6.31. The van der Waals surface area contributed by atoms with Gasteiger partial charge in [0.15, 0.2) is 11.4 Å². The number of benzene rings is 3. The lowest BCUT2D eigenvalue weighted by Crippen LogP contribution is -2.24. The van der Waals surface area contributed by atoms with Gasteiger partial charge in [0.2, 0.25) is 0 Å². The van der Waals surface area contributed by atoms with Crippen molar-refractivity contribution in [1.29, 1.82) is 0 Å². The number of aromatic nitrogens is 3. The molecule has 0 spiro atoms. The van der Waals surface area contributed by atoms with E-state index in [1.54, 1.807) is 85.2 Å². The lowest BCUT2D eigenvalue weighted by Gasteiger charge is -2.15. The Balaban J connectivity index is 1.47. The van der Waals surface area contributed by atoms with Crippen LogP contribution >= 0.6 is 23.2 Å². The summed E-state index contributed by atoms with van der Waals surface area (Å²) in [4.78, 5) is 30.4. The maximum Gasteiger partial charge on any atom is 0.299 e. The summed E-state index contributed by atoms with van der Waals surface area (Å²) < 4.78 is 7.20. The standard InChI is InChI=1S/C29H21Cl2N5O3/c30-21-5-2-8-24(15-21)36-29(38)27(26(18-34-36)39-25-9-3-6-22(31)16-25)35-23-7-1-4-20(14-23)28(37)33-17-19-10-12-32-13-11-19/h1-16,18,35H,17H2,(H,33,37). The van der Waals surface area contributed by atoms with Gasteiger partial charge in [-0.05, 0) is 72.3 Å². The summed E-state index contributed by atoms with van der Waals surface area (Å²) in [6.07, 6.45) is 4.76. The number of rotatable bonds is 8. The molecule has 0 atom stereocenters. The number of nitrogens with zero attached hydrogens (tertiary/aromatic N) is 3. The smallest absolute Gasteiger partial charge is 0.299 e. The van der Waals surface area contributed by atoms with Crippen molar-refractivity contribution >= 4 is 40.5 Å². The van der Waals surface area contributed by atoms with Crippen LogP contribution in [0.5, 0.6) is 11.5 Å². The SMILES string of the molecule is O=C(NCc1ccncc1)c1cccc(Nc2c(Oc3cccc(Cl)c3)cnn(-c3cccc(Cl)c3)c2=O)c1. The predicted molar refractivity (Wildman–Crippen MR) is 152 cm³/mol. The number of pyridine rings is 1. The second kappa shape index (κ2) is 11.8. The van der Waals surface area contributed by atoms with Crippen LogP contribution in [-0.2, 0) is 6.54 Å². The highest BCUT2D eigenvalue weighted by Gasteiger charge is 2.17. The van der Waals surface area contributed by atoms with Gasteiger partial charge >= 0.3 is 0 Å². The third-order valence-corrected chi connectivity index (χ3v) is 6.09. The Morgan fingerprint density at radius 3 is 2.41 bits per heavy atom. The summed E-state index contributed by atoms with van der Waals surface area (Å²) in [5.41, 5.74) is 1.95. The molecule has 0 bridgehead atoms. The summed E-state index contributed by atoms with van der Waals surface area (Å²) in [7, 11) is 0. The van der Waals surface area contributed by atoms with Crippen molar-refractivity contribution in [2.24, 2.45) is 0 Å². The molecule has 0 saturated carbocycles. The van der Waals surface area contributed by atoms with Crippen molar-refractivity contribution in [3.8, 4) is 17.2 Å². The molecule has 10 heteroatoms. The van der Waals surface area contributed by atoms with Crippen molar-refractivity contribution in [3.63, 3.8) is 0 Å². The second-order valence-electron chi connectivity index (χ2n) is 8.38. The van der Waals surface area contributed by atoms with Crippen LogP contribution < -0.4 is 20.9 Å². The largest absolute Gasteiger partial charge is 0.453 e. The molecule has 39 heavy (non-hydrogen) atoms. The maximum atomic E-state index is 13.6. The molecule has 0 fully saturated rings. The van der Waals surface area contributed by atoms with Crippen LogP contribution in [-0.4, -0.2) is 20.7 Å². The van der Waals surface area contributed by atoms with E-state index in [-0.39, 0.29) is 17.3 Å². The predicted octanol–water partition coefficient (Wildman–Crippen LogP) is 6.40. The van der Waals surface area contributed by atoms with Gasteiger partial charge in [0, 0.05) is 40.2 Å². The summed E-state index contributed by atoms with van der Waals surface area (Å²) in [5, 5.41) is 11.2. The van der Waals surface area contributed by atoms with E-state index in [2.05, 4.69) is 20.7 Å². The second-order valence-corrected chi connectivity index (χ2v) is 9.26. The number of amides is 1. The molecule has 2 N–H and O–H groups in total. The molecule has 2 aromatic heterocycles. The molecular formula is C29H21Cl2N5O3. The Kier molecular flexibility index (Phi) is 7.86. The minimum absolute atomic E-state index is 0.110. The van der Waals surface area contributed by atoms with E-state index >= 15 is 0 Å². The van der Waals surface area contributed by atoms with Gasteiger partial charge < -0.3 is 15.4 Å². The van der Waals surface area contributed by atoms with Crippen LogP contribution in [0.25, 0.3) is 5.69 Å². The fraction of sp³-hybridized carbons (Fsp3) is 0.0345. The van der Waals surface area contributed by atoms with Crippen LogP contribution in [0.15, 0.2) is 108 Å². The maximum absolute atomic E-state index is 13.6. The number of hydrogen-bond donors (Lipinski definition) is 2. The number of carbonyl (C=O) groups is 1. The average Bonchev–Trinajstić information content (AvgIpc) is 2.94. The van der Waals surface area contributed by atoms with Gasteiger partial charge in [-0.1, -0.05) is 41.4 Å². The Morgan fingerprint density at radius 1 is 0.897 bits per heavy atom. The molecule has 0 radical (unpaired) electrons. The Labute approximate surface area is 233 Å². The minimum Gasteiger partial charge on any atom is -0.453 e. The molecule has 0 saturated heterocycles. The van der Waals surface area contributed by atoms with Crippen LogP contribution in [0, 0.1) is 0 Å². The third-order valence-electron chi connectivity index (χ3n) is 5.62. The highest BCUT2D eigenvalue weighted by atomic mass is 35.5. The molecule has 8 nitrogen and oxygen atoms in total. The van der Waals surface area contributed by atoms with Crippen LogP contribution in [0.1, 0.15) is 15.9 Å². The topological polar surface area (TPSA) is 98.1 Å². The normalized spacial score (nSPS) is 10.6. The number of anilines is 2. The fourth-order valence-electron chi connectivity index (χ4n) is 3.75. The zero-order chi connectivity index (χ0) is 27.2. The van der Waals surface area contributed by atoms with Gasteiger partial charge in [0.25, 0.3) is 11.5 Å². The Morgan fingerprint density at radius 2 is 1.64 bits per heavy atom. The number of halogens is 2. The number of carbonyl (C=O) groups excluding carboxylic acids is 1. The monoisotopic (exact) mass is 557 g/mol. The Hall–Kier alpha value is -4.66. The third kappa shape index (κ3) is 6.43. The average molecular weight is 558 g/mol. The van der Waals surface area contributed by atoms with Gasteiger partial charge in [0.1, 0.15) is 5.75 Å². The lowest BCUT2D eigenvalue weighted by atomic mass is 10.1. The van der Waals surface area contributed by atoms with Crippen LogP contribution in [0.3, 0.4) is 0 Å². The van der Waals surface area contributed by atoms with Gasteiger partial charge in [-0.15, -0.1) is 0 Å². The zero-order valence-corrected chi connectivity index (χ0v) is 21.9. The van der Waals surface area contributed by atoms with Gasteiger partial charge in [-0.3, -0.25) is 14.6 Å². The van der Waals surface area contributed by atoms with Crippen LogP contribution in [0.2, 0.25) is 10.0 Å². The molecular weight excluding hydrogens is 537 g/mol. The first-order chi connectivity index (χ1) is 19.0. The Bertz CT molecular complexity index is 1690. The molecule has 1 amide bonds. The first-order valence-corrected chi connectivity index (χ1v) is 12.6. The molecule has 0 aliphatic carbocycles. The molecule has 0 aliphatic rings. The lowest BCUT2D eigenvalue weighted by molar-refractivity contribution is 0.0951. The number of nitrogens with one attached hydrogen (secondary N) is 2. The first kappa shape index (κ1) is 26.0. The van der Waals surface area contributed by atoms with Crippen molar-refractivity contribution in [2.75, 3.05) is 5.32 Å². The van der Waals surface area contributed by atoms with E-state index in [4.69, 9.17) is 27.9 Å². The van der Waals surface area contributed by atoms with Crippen LogP contribution in [0.4, 0.5) is 11.4 Å². The van der Waals surface area contributed by atoms with Crippen molar-refractivity contribution in [3.05, 3.63) is 135 Å². The number of hydrogen-bond acceptors (Lipinski definition) is 6. The van der Waals surface area contributed by atoms with Crippen molar-refractivity contribution in [2.45, 2.75) is 6.54 Å². The minimum atomic E-state index is -0.482. The molecule has 3 aromatic carbocycles. The zero-order valence-electron chi connectivity index (χ0n) is 20.3. The molecule has 2 heterocycles. The van der Waals surface area contributed by atoms with E-state index in [1.807, 2.05) is 12.1 Å². The van der Waals surface area contributed by atoms with Gasteiger partial charge in [0.05, 0.1) is 11.9 Å². The summed E-state index contributed by atoms with van der Waals surface area (Å²) >= 11 is 12.3. The highest BCUT2D eigenvalue weighted by Crippen LogP contribution is 2.30. The van der Waals surface area contributed by atoms with Crippen molar-refractivity contribution < 1.29 is 9.53 Å². The first-order valence-electron chi connectivity index (χ1n) is 11.8. The van der Waals surface area contributed by atoms with Gasteiger partial charge in [-0.25, -0.2) is 0 Å². The van der Waals surface area contributed by atoms with E-state index in [9.17, 15) is 9.59 Å². The molecule has 5 rings (SSSR count). The molecule has 194 valence electrons. The van der Waals surface area contributed by atoms with E-state index in [0.29, 0.717) is 39.3 Å². The van der Waals surface area contributed by atoms with E-state index in [1.165, 1.54) is 10.9 Å². The molecule has 5 aromatic rings. The van der Waals surface area contributed by atoms with E-state index in [0.717, 1.165) is 5.56 Å². The van der Waals surface area contributed by atoms with Gasteiger partial charge in [-0.2, -0.15) is 9.78 Å². The molecule has 0 unspecified atom stereocenters. The summed E-state index contributed by atoms with van der Waals surface area (Å²) in [6, 6.07) is 24.0.